The normalized spacial score (nSPS) is 16.3. The molecule has 154 valence electrons. The minimum atomic E-state index is -4.34. The predicted octanol–water partition coefficient (Wildman–Crippen LogP) is 4.64. The van der Waals surface area contributed by atoms with Crippen molar-refractivity contribution in [3.05, 3.63) is 77.1 Å². The van der Waals surface area contributed by atoms with Crippen LogP contribution in [0.5, 0.6) is 0 Å². The quantitative estimate of drug-likeness (QED) is 0.580. The Morgan fingerprint density at radius 2 is 1.83 bits per heavy atom. The minimum absolute atomic E-state index is 0.00877. The Hall–Kier alpha value is -2.67. The molecule has 1 amide bonds. The van der Waals surface area contributed by atoms with E-state index in [0.717, 1.165) is 6.07 Å². The first kappa shape index (κ1) is 21.0. The number of benzene rings is 2. The fraction of sp³-hybridized carbons (Fsp3) is 0.318. The summed E-state index contributed by atoms with van der Waals surface area (Å²) in [6.45, 7) is 1.80. The largest absolute Gasteiger partial charge is 0.416 e. The highest BCUT2D eigenvalue weighted by Crippen LogP contribution is 2.30. The number of nitrogens with one attached hydrogen (secondary N) is 1. The van der Waals surface area contributed by atoms with Gasteiger partial charge in [0.2, 0.25) is 5.91 Å². The third kappa shape index (κ3) is 6.15. The van der Waals surface area contributed by atoms with E-state index in [2.05, 4.69) is 10.2 Å². The lowest BCUT2D eigenvalue weighted by Gasteiger charge is -2.32. The molecule has 0 aliphatic carbocycles. The molecule has 1 N–H and O–H groups in total. The van der Waals surface area contributed by atoms with Crippen LogP contribution in [0.25, 0.3) is 6.08 Å². The standard InChI is InChI=1S/C22H22F4N2O/c23-20-7-2-1-5-17(20)8-9-21(29)27-19-10-12-28(13-11-19)15-16-4-3-6-18(14-16)22(24,25)26/h1-9,14,19H,10-13,15H2,(H,27,29)/b9-8+. The van der Waals surface area contributed by atoms with Crippen molar-refractivity contribution in [1.82, 2.24) is 10.2 Å². The molecule has 1 fully saturated rings. The first-order chi connectivity index (χ1) is 13.8. The van der Waals surface area contributed by atoms with Gasteiger partial charge in [0, 0.05) is 37.3 Å². The van der Waals surface area contributed by atoms with E-state index in [9.17, 15) is 22.4 Å². The summed E-state index contributed by atoms with van der Waals surface area (Å²) < 4.78 is 52.1. The fourth-order valence-electron chi connectivity index (χ4n) is 3.36. The molecule has 0 spiro atoms. The second-order valence-corrected chi connectivity index (χ2v) is 7.11. The van der Waals surface area contributed by atoms with E-state index < -0.39 is 11.7 Å². The van der Waals surface area contributed by atoms with Crippen molar-refractivity contribution in [3.63, 3.8) is 0 Å². The van der Waals surface area contributed by atoms with Gasteiger partial charge >= 0.3 is 6.18 Å². The third-order valence-electron chi connectivity index (χ3n) is 4.91. The highest BCUT2D eigenvalue weighted by Gasteiger charge is 2.30. The second kappa shape index (κ2) is 9.22. The average molecular weight is 406 g/mol. The van der Waals surface area contributed by atoms with Gasteiger partial charge in [-0.3, -0.25) is 9.69 Å². The lowest BCUT2D eigenvalue weighted by Crippen LogP contribution is -2.43. The second-order valence-electron chi connectivity index (χ2n) is 7.11. The van der Waals surface area contributed by atoms with E-state index in [1.54, 1.807) is 24.3 Å². The van der Waals surface area contributed by atoms with Gasteiger partial charge in [-0.2, -0.15) is 13.2 Å². The van der Waals surface area contributed by atoms with Gasteiger partial charge < -0.3 is 5.32 Å². The molecule has 2 aromatic carbocycles. The van der Waals surface area contributed by atoms with Gasteiger partial charge in [0.25, 0.3) is 0 Å². The van der Waals surface area contributed by atoms with Gasteiger partial charge in [-0.1, -0.05) is 36.4 Å². The monoisotopic (exact) mass is 406 g/mol. The Labute approximate surface area is 167 Å². The number of piperidine rings is 1. The van der Waals surface area contributed by atoms with Gasteiger partial charge in [-0.15, -0.1) is 0 Å². The number of hydrogen-bond acceptors (Lipinski definition) is 2. The zero-order valence-electron chi connectivity index (χ0n) is 15.8. The molecule has 0 bridgehead atoms. The van der Waals surface area contributed by atoms with Crippen LogP contribution in [0.4, 0.5) is 17.6 Å². The van der Waals surface area contributed by atoms with Crippen molar-refractivity contribution >= 4 is 12.0 Å². The number of hydrogen-bond donors (Lipinski definition) is 1. The molecule has 0 radical (unpaired) electrons. The van der Waals surface area contributed by atoms with Crippen LogP contribution >= 0.6 is 0 Å². The van der Waals surface area contributed by atoms with Crippen molar-refractivity contribution in [2.75, 3.05) is 13.1 Å². The number of carbonyl (C=O) groups excluding carboxylic acids is 1. The molecule has 0 aromatic heterocycles. The summed E-state index contributed by atoms with van der Waals surface area (Å²) >= 11 is 0. The molecule has 0 atom stereocenters. The highest BCUT2D eigenvalue weighted by atomic mass is 19.4. The molecule has 3 nitrogen and oxygen atoms in total. The molecule has 7 heteroatoms. The topological polar surface area (TPSA) is 32.3 Å². The molecule has 3 rings (SSSR count). The number of likely N-dealkylation sites (tertiary alicyclic amines) is 1. The SMILES string of the molecule is O=C(/C=C/c1ccccc1F)NC1CCN(Cc2cccc(C(F)(F)F)c2)CC1. The summed E-state index contributed by atoms with van der Waals surface area (Å²) in [5.41, 5.74) is 0.326. The number of alkyl halides is 3. The van der Waals surface area contributed by atoms with Gasteiger partial charge in [0.1, 0.15) is 5.82 Å². The molecular weight excluding hydrogens is 384 g/mol. The Balaban J connectivity index is 1.47. The zero-order valence-corrected chi connectivity index (χ0v) is 15.8. The first-order valence-corrected chi connectivity index (χ1v) is 9.43. The van der Waals surface area contributed by atoms with Crippen molar-refractivity contribution < 1.29 is 22.4 Å². The summed E-state index contributed by atoms with van der Waals surface area (Å²) in [7, 11) is 0. The van der Waals surface area contributed by atoms with E-state index in [1.807, 2.05) is 0 Å². The Morgan fingerprint density at radius 1 is 1.10 bits per heavy atom. The number of halogens is 4. The minimum Gasteiger partial charge on any atom is -0.350 e. The van der Waals surface area contributed by atoms with Crippen LogP contribution in [0, 0.1) is 5.82 Å². The van der Waals surface area contributed by atoms with Crippen LogP contribution in [0.15, 0.2) is 54.6 Å². The number of carbonyl (C=O) groups is 1. The van der Waals surface area contributed by atoms with Crippen LogP contribution in [0.1, 0.15) is 29.5 Å². The van der Waals surface area contributed by atoms with Crippen LogP contribution < -0.4 is 5.32 Å². The summed E-state index contributed by atoms with van der Waals surface area (Å²) in [5, 5.41) is 2.90. The molecule has 0 saturated carbocycles. The van der Waals surface area contributed by atoms with E-state index in [4.69, 9.17) is 0 Å². The maximum Gasteiger partial charge on any atom is 0.416 e. The average Bonchev–Trinajstić information content (AvgIpc) is 2.68. The lowest BCUT2D eigenvalue weighted by atomic mass is 10.0. The van der Waals surface area contributed by atoms with E-state index in [0.29, 0.717) is 43.6 Å². The first-order valence-electron chi connectivity index (χ1n) is 9.43. The summed E-state index contributed by atoms with van der Waals surface area (Å²) in [6.07, 6.45) is -0.180. The molecule has 1 heterocycles. The van der Waals surface area contributed by atoms with Crippen molar-refractivity contribution in [3.8, 4) is 0 Å². The molecule has 1 saturated heterocycles. The van der Waals surface area contributed by atoms with Crippen molar-refractivity contribution in [2.45, 2.75) is 31.6 Å². The van der Waals surface area contributed by atoms with Crippen LogP contribution in [0.3, 0.4) is 0 Å². The van der Waals surface area contributed by atoms with Crippen LogP contribution in [-0.2, 0) is 17.5 Å². The van der Waals surface area contributed by atoms with E-state index >= 15 is 0 Å². The Morgan fingerprint density at radius 3 is 2.52 bits per heavy atom. The van der Waals surface area contributed by atoms with Gasteiger partial charge in [0.05, 0.1) is 5.56 Å². The molecular formula is C22H22F4N2O. The van der Waals surface area contributed by atoms with Gasteiger partial charge in [-0.25, -0.2) is 4.39 Å². The molecule has 29 heavy (non-hydrogen) atoms. The number of rotatable bonds is 5. The van der Waals surface area contributed by atoms with Gasteiger partial charge in [-0.05, 0) is 36.6 Å². The Bertz CT molecular complexity index is 871. The Kier molecular flexibility index (Phi) is 6.69. The van der Waals surface area contributed by atoms with E-state index in [-0.39, 0.29) is 17.8 Å². The highest BCUT2D eigenvalue weighted by molar-refractivity contribution is 5.91. The summed E-state index contributed by atoms with van der Waals surface area (Å²) in [6, 6.07) is 11.6. The molecule has 1 aliphatic heterocycles. The fourth-order valence-corrected chi connectivity index (χ4v) is 3.36. The summed E-state index contributed by atoms with van der Waals surface area (Å²) in [4.78, 5) is 14.1. The third-order valence-corrected chi connectivity index (χ3v) is 4.91. The molecule has 2 aromatic rings. The van der Waals surface area contributed by atoms with Gasteiger partial charge in [0.15, 0.2) is 0 Å². The number of amides is 1. The van der Waals surface area contributed by atoms with Crippen molar-refractivity contribution in [2.24, 2.45) is 0 Å². The smallest absolute Gasteiger partial charge is 0.350 e. The predicted molar refractivity (Wildman–Crippen MR) is 103 cm³/mol. The number of nitrogens with zero attached hydrogens (tertiary/aromatic N) is 1. The van der Waals surface area contributed by atoms with Crippen LogP contribution in [0.2, 0.25) is 0 Å². The zero-order chi connectivity index (χ0) is 20.9. The molecule has 1 aliphatic rings. The molecule has 0 unspecified atom stereocenters. The van der Waals surface area contributed by atoms with Crippen LogP contribution in [-0.4, -0.2) is 29.9 Å². The summed E-state index contributed by atoms with van der Waals surface area (Å²) in [5.74, 6) is -0.677. The van der Waals surface area contributed by atoms with E-state index in [1.165, 1.54) is 30.4 Å². The maximum absolute atomic E-state index is 13.6. The lowest BCUT2D eigenvalue weighted by molar-refractivity contribution is -0.137. The maximum atomic E-state index is 13.6. The van der Waals surface area contributed by atoms with Crippen molar-refractivity contribution in [1.29, 1.82) is 0 Å².